The highest BCUT2D eigenvalue weighted by Gasteiger charge is 2.10. The van der Waals surface area contributed by atoms with E-state index >= 15 is 0 Å². The fourth-order valence-corrected chi connectivity index (χ4v) is 2.63. The molecule has 0 aliphatic carbocycles. The molecule has 5 heteroatoms. The molecule has 2 aromatic rings. The lowest BCUT2D eigenvalue weighted by Crippen LogP contribution is -2.26. The van der Waals surface area contributed by atoms with Crippen molar-refractivity contribution in [2.75, 3.05) is 6.54 Å². The normalized spacial score (nSPS) is 10.8. The molecule has 24 heavy (non-hydrogen) atoms. The average Bonchev–Trinajstić information content (AvgIpc) is 3.03. The Labute approximate surface area is 148 Å². The molecule has 1 N–H and O–H groups in total. The fraction of sp³-hybridized carbons (Fsp3) is 0.474. The fourth-order valence-electron chi connectivity index (χ4n) is 2.51. The number of carbonyl (C=O) groups is 1. The molecule has 130 valence electrons. The van der Waals surface area contributed by atoms with Crippen molar-refractivity contribution in [3.8, 4) is 11.3 Å². The number of nitrogens with zero attached hydrogens (tertiary/aromatic N) is 1. The number of benzene rings is 1. The molecule has 2 rings (SSSR count). The number of hydrogen-bond acceptors (Lipinski definition) is 3. The summed E-state index contributed by atoms with van der Waals surface area (Å²) in [5.74, 6) is 0.630. The minimum atomic E-state index is -0.0143. The number of halogens is 1. The van der Waals surface area contributed by atoms with Crippen LogP contribution in [0.4, 0.5) is 0 Å². The van der Waals surface area contributed by atoms with Crippen LogP contribution in [0, 0.1) is 0 Å². The lowest BCUT2D eigenvalue weighted by molar-refractivity contribution is -0.120. The Morgan fingerprint density at radius 3 is 2.58 bits per heavy atom. The first-order chi connectivity index (χ1) is 11.7. The van der Waals surface area contributed by atoms with Crippen molar-refractivity contribution in [3.63, 3.8) is 0 Å². The molecule has 0 saturated carbocycles. The number of hydrogen-bond donors (Lipinski definition) is 1. The summed E-state index contributed by atoms with van der Waals surface area (Å²) < 4.78 is 5.30. The molecule has 1 aromatic carbocycles. The van der Waals surface area contributed by atoms with Gasteiger partial charge in [0.2, 0.25) is 5.91 Å². The molecule has 0 bridgehead atoms. The number of amides is 1. The first kappa shape index (κ1) is 18.5. The Bertz CT molecular complexity index is 623. The van der Waals surface area contributed by atoms with Crippen LogP contribution in [0.5, 0.6) is 0 Å². The van der Waals surface area contributed by atoms with E-state index in [-0.39, 0.29) is 12.3 Å². The van der Waals surface area contributed by atoms with Gasteiger partial charge in [0, 0.05) is 23.2 Å². The number of rotatable bonds is 10. The smallest absolute Gasteiger partial charge is 0.226 e. The minimum Gasteiger partial charge on any atom is -0.356 e. The van der Waals surface area contributed by atoms with Crippen molar-refractivity contribution >= 4 is 17.5 Å². The van der Waals surface area contributed by atoms with Crippen LogP contribution in [-0.4, -0.2) is 17.6 Å². The Kier molecular flexibility index (Phi) is 7.83. The van der Waals surface area contributed by atoms with Gasteiger partial charge in [0.1, 0.15) is 0 Å². The summed E-state index contributed by atoms with van der Waals surface area (Å²) in [5, 5.41) is 7.58. The lowest BCUT2D eigenvalue weighted by Gasteiger charge is -2.03. The van der Waals surface area contributed by atoms with Crippen LogP contribution in [0.1, 0.15) is 51.1 Å². The van der Waals surface area contributed by atoms with E-state index in [9.17, 15) is 4.79 Å². The van der Waals surface area contributed by atoms with Crippen molar-refractivity contribution < 1.29 is 9.32 Å². The molecule has 4 nitrogen and oxygen atoms in total. The van der Waals surface area contributed by atoms with Crippen LogP contribution in [0.15, 0.2) is 34.9 Å². The molecule has 1 heterocycles. The third-order valence-corrected chi connectivity index (χ3v) is 4.13. The highest BCUT2D eigenvalue weighted by atomic mass is 35.5. The quantitative estimate of drug-likeness (QED) is 0.614. The van der Waals surface area contributed by atoms with Gasteiger partial charge in [-0.25, -0.2) is 0 Å². The Morgan fingerprint density at radius 2 is 1.83 bits per heavy atom. The summed E-state index contributed by atoms with van der Waals surface area (Å²) in [6, 6.07) is 9.13. The number of aromatic nitrogens is 1. The molecule has 0 unspecified atom stereocenters. The Morgan fingerprint density at radius 1 is 1.12 bits per heavy atom. The number of nitrogens with one attached hydrogen (secondary N) is 1. The predicted molar refractivity (Wildman–Crippen MR) is 97.0 cm³/mol. The van der Waals surface area contributed by atoms with Crippen molar-refractivity contribution in [1.29, 1.82) is 0 Å². The molecular weight excluding hydrogens is 324 g/mol. The molecule has 0 spiro atoms. The minimum absolute atomic E-state index is 0.0143. The standard InChI is InChI=1S/C19H25ClN2O2/c1-2-3-4-5-6-7-12-21-19(23)14-17-13-18(24-22-17)15-8-10-16(20)11-9-15/h8-11,13H,2-7,12,14H2,1H3,(H,21,23). The van der Waals surface area contributed by atoms with E-state index in [1.165, 1.54) is 32.1 Å². The van der Waals surface area contributed by atoms with E-state index < -0.39 is 0 Å². The Hall–Kier alpha value is -1.81. The average molecular weight is 349 g/mol. The first-order valence-corrected chi connectivity index (χ1v) is 9.05. The van der Waals surface area contributed by atoms with Gasteiger partial charge < -0.3 is 9.84 Å². The lowest BCUT2D eigenvalue weighted by atomic mass is 10.1. The van der Waals surface area contributed by atoms with Gasteiger partial charge in [-0.05, 0) is 30.7 Å². The van der Waals surface area contributed by atoms with Crippen molar-refractivity contribution in [1.82, 2.24) is 10.5 Å². The molecule has 1 amide bonds. The maximum atomic E-state index is 11.9. The molecule has 1 aromatic heterocycles. The van der Waals surface area contributed by atoms with Gasteiger partial charge in [0.15, 0.2) is 5.76 Å². The van der Waals surface area contributed by atoms with E-state index in [4.69, 9.17) is 16.1 Å². The van der Waals surface area contributed by atoms with E-state index in [1.807, 2.05) is 12.1 Å². The largest absolute Gasteiger partial charge is 0.356 e. The van der Waals surface area contributed by atoms with Gasteiger partial charge in [-0.2, -0.15) is 0 Å². The summed E-state index contributed by atoms with van der Waals surface area (Å²) in [4.78, 5) is 11.9. The second-order valence-electron chi connectivity index (χ2n) is 5.98. The molecule has 0 saturated heterocycles. The topological polar surface area (TPSA) is 55.1 Å². The van der Waals surface area contributed by atoms with E-state index in [2.05, 4.69) is 17.4 Å². The second kappa shape index (κ2) is 10.1. The van der Waals surface area contributed by atoms with Crippen LogP contribution in [0.3, 0.4) is 0 Å². The van der Waals surface area contributed by atoms with Gasteiger partial charge in [0.25, 0.3) is 0 Å². The van der Waals surface area contributed by atoms with Crippen LogP contribution < -0.4 is 5.32 Å². The number of carbonyl (C=O) groups excluding carboxylic acids is 1. The zero-order chi connectivity index (χ0) is 17.2. The molecule has 0 aliphatic heterocycles. The van der Waals surface area contributed by atoms with Crippen LogP contribution in [-0.2, 0) is 11.2 Å². The predicted octanol–water partition coefficient (Wildman–Crippen LogP) is 5.01. The zero-order valence-corrected chi connectivity index (χ0v) is 14.9. The highest BCUT2D eigenvalue weighted by molar-refractivity contribution is 6.30. The summed E-state index contributed by atoms with van der Waals surface area (Å²) >= 11 is 5.87. The molecular formula is C19H25ClN2O2. The van der Waals surface area contributed by atoms with Gasteiger partial charge >= 0.3 is 0 Å². The molecule has 0 aliphatic rings. The summed E-state index contributed by atoms with van der Waals surface area (Å²) in [7, 11) is 0. The van der Waals surface area contributed by atoms with Crippen LogP contribution in [0.2, 0.25) is 5.02 Å². The molecule has 0 atom stereocenters. The van der Waals surface area contributed by atoms with Crippen molar-refractivity contribution in [3.05, 3.63) is 41.0 Å². The van der Waals surface area contributed by atoms with E-state index in [1.54, 1.807) is 18.2 Å². The second-order valence-corrected chi connectivity index (χ2v) is 6.42. The van der Waals surface area contributed by atoms with Gasteiger partial charge in [-0.3, -0.25) is 4.79 Å². The first-order valence-electron chi connectivity index (χ1n) is 8.67. The van der Waals surface area contributed by atoms with E-state index in [0.717, 1.165) is 18.5 Å². The molecule has 0 fully saturated rings. The van der Waals surface area contributed by atoms with Gasteiger partial charge in [-0.1, -0.05) is 55.8 Å². The molecule has 0 radical (unpaired) electrons. The Balaban J connectivity index is 1.70. The van der Waals surface area contributed by atoms with Gasteiger partial charge in [0.05, 0.1) is 12.1 Å². The SMILES string of the molecule is CCCCCCCCNC(=O)Cc1cc(-c2ccc(Cl)cc2)on1. The van der Waals surface area contributed by atoms with Crippen LogP contribution >= 0.6 is 11.6 Å². The maximum absolute atomic E-state index is 11.9. The third kappa shape index (κ3) is 6.36. The monoisotopic (exact) mass is 348 g/mol. The third-order valence-electron chi connectivity index (χ3n) is 3.88. The zero-order valence-electron chi connectivity index (χ0n) is 14.2. The van der Waals surface area contributed by atoms with E-state index in [0.29, 0.717) is 16.5 Å². The van der Waals surface area contributed by atoms with Crippen molar-refractivity contribution in [2.24, 2.45) is 0 Å². The van der Waals surface area contributed by atoms with Crippen molar-refractivity contribution in [2.45, 2.75) is 51.9 Å². The maximum Gasteiger partial charge on any atom is 0.226 e. The van der Waals surface area contributed by atoms with Crippen LogP contribution in [0.25, 0.3) is 11.3 Å². The van der Waals surface area contributed by atoms with Gasteiger partial charge in [-0.15, -0.1) is 0 Å². The summed E-state index contributed by atoms with van der Waals surface area (Å²) in [6.45, 7) is 2.94. The highest BCUT2D eigenvalue weighted by Crippen LogP contribution is 2.22. The summed E-state index contributed by atoms with van der Waals surface area (Å²) in [6.07, 6.45) is 7.54. The number of unbranched alkanes of at least 4 members (excludes halogenated alkanes) is 5. The summed E-state index contributed by atoms with van der Waals surface area (Å²) in [5.41, 5.74) is 1.53.